The largest absolute Gasteiger partial charge is 0.466 e. The molecule has 96 valence electrons. The van der Waals surface area contributed by atoms with Crippen LogP contribution in [0, 0.1) is 17.8 Å². The molecule has 0 N–H and O–H groups in total. The zero-order chi connectivity index (χ0) is 12.7. The Morgan fingerprint density at radius 3 is 2.59 bits per heavy atom. The van der Waals surface area contributed by atoms with Gasteiger partial charge in [0.1, 0.15) is 0 Å². The van der Waals surface area contributed by atoms with Gasteiger partial charge >= 0.3 is 5.97 Å². The van der Waals surface area contributed by atoms with Gasteiger partial charge in [0.15, 0.2) is 0 Å². The van der Waals surface area contributed by atoms with E-state index in [9.17, 15) is 4.79 Å². The zero-order valence-electron chi connectivity index (χ0n) is 11.0. The van der Waals surface area contributed by atoms with Crippen molar-refractivity contribution < 1.29 is 9.53 Å². The maximum atomic E-state index is 9.84. The van der Waals surface area contributed by atoms with Crippen LogP contribution < -0.4 is 0 Å². The highest BCUT2D eigenvalue weighted by Crippen LogP contribution is 2.45. The molecule has 2 rings (SSSR count). The van der Waals surface area contributed by atoms with E-state index in [1.807, 2.05) is 0 Å². The van der Waals surface area contributed by atoms with Crippen LogP contribution in [0.1, 0.15) is 39.0 Å². The van der Waals surface area contributed by atoms with Crippen molar-refractivity contribution in [1.29, 1.82) is 0 Å². The Hall–Kier alpha value is -1.05. The minimum absolute atomic E-state index is 0.394. The predicted octanol–water partition coefficient (Wildman–Crippen LogP) is 3.73. The van der Waals surface area contributed by atoms with Gasteiger partial charge in [-0.25, -0.2) is 4.79 Å². The smallest absolute Gasteiger partial charge is 0.329 e. The normalized spacial score (nSPS) is 28.5. The number of carbonyl (C=O) groups excluding carboxylic acids is 1. The highest BCUT2D eigenvalue weighted by atomic mass is 16.5. The van der Waals surface area contributed by atoms with Gasteiger partial charge in [0.05, 0.1) is 7.11 Å². The highest BCUT2D eigenvalue weighted by Gasteiger charge is 2.34. The van der Waals surface area contributed by atoms with Gasteiger partial charge in [-0.3, -0.25) is 0 Å². The van der Waals surface area contributed by atoms with Crippen molar-refractivity contribution in [3.63, 3.8) is 0 Å². The van der Waals surface area contributed by atoms with E-state index in [1.165, 1.54) is 39.2 Å². The minimum atomic E-state index is -0.394. The van der Waals surface area contributed by atoms with E-state index < -0.39 is 5.97 Å². The summed E-state index contributed by atoms with van der Waals surface area (Å²) in [5, 5.41) is 0. The van der Waals surface area contributed by atoms with Crippen molar-refractivity contribution in [2.75, 3.05) is 7.11 Å². The van der Waals surface area contributed by atoms with Crippen molar-refractivity contribution in [2.45, 2.75) is 39.0 Å². The molecule has 0 saturated heterocycles. The van der Waals surface area contributed by atoms with Crippen LogP contribution in [0.3, 0.4) is 0 Å². The number of hydrogen-bond donors (Lipinski definition) is 0. The fourth-order valence-corrected chi connectivity index (χ4v) is 2.78. The Kier molecular flexibility index (Phi) is 6.03. The molecular weight excluding hydrogens is 212 g/mol. The molecule has 0 heterocycles. The van der Waals surface area contributed by atoms with Crippen LogP contribution in [0.25, 0.3) is 0 Å². The Balaban J connectivity index is 0.000000209. The summed E-state index contributed by atoms with van der Waals surface area (Å²) in [6.45, 7) is 5.45. The first-order valence-corrected chi connectivity index (χ1v) is 6.60. The SMILES string of the molecule is C=CC(=O)OC.CCCCC1CC2C=CC1C2. The molecule has 1 saturated carbocycles. The number of methoxy groups -OCH3 is 1. The van der Waals surface area contributed by atoms with Crippen LogP contribution in [0.2, 0.25) is 0 Å². The number of hydrogen-bond acceptors (Lipinski definition) is 2. The van der Waals surface area contributed by atoms with Gasteiger partial charge in [0, 0.05) is 6.08 Å². The van der Waals surface area contributed by atoms with E-state index in [0.29, 0.717) is 0 Å². The van der Waals surface area contributed by atoms with Crippen LogP contribution in [0.15, 0.2) is 24.8 Å². The molecule has 3 unspecified atom stereocenters. The average Bonchev–Trinajstić information content (AvgIpc) is 2.98. The van der Waals surface area contributed by atoms with Crippen LogP contribution in [-0.4, -0.2) is 13.1 Å². The molecule has 0 aromatic rings. The van der Waals surface area contributed by atoms with E-state index in [2.05, 4.69) is 30.4 Å². The van der Waals surface area contributed by atoms with Gasteiger partial charge < -0.3 is 4.74 Å². The lowest BCUT2D eigenvalue weighted by atomic mass is 9.89. The van der Waals surface area contributed by atoms with Crippen molar-refractivity contribution >= 4 is 5.97 Å². The monoisotopic (exact) mass is 236 g/mol. The molecule has 0 aromatic carbocycles. The lowest BCUT2D eigenvalue weighted by Gasteiger charge is -2.16. The first kappa shape index (κ1) is 14.0. The van der Waals surface area contributed by atoms with E-state index in [4.69, 9.17) is 0 Å². The van der Waals surface area contributed by atoms with Crippen molar-refractivity contribution in [2.24, 2.45) is 17.8 Å². The fourth-order valence-electron chi connectivity index (χ4n) is 2.78. The summed E-state index contributed by atoms with van der Waals surface area (Å²) < 4.78 is 4.14. The standard InChI is InChI=1S/C11H18.C4H6O2/c1-2-3-4-10-7-9-5-6-11(10)8-9;1-3-4(5)6-2/h5-6,9-11H,2-4,7-8H2,1H3;3H,1H2,2H3. The lowest BCUT2D eigenvalue weighted by molar-refractivity contribution is -0.134. The Labute approximate surface area is 105 Å². The molecule has 3 atom stereocenters. The highest BCUT2D eigenvalue weighted by molar-refractivity contribution is 5.80. The summed E-state index contributed by atoms with van der Waals surface area (Å²) in [5.41, 5.74) is 0. The van der Waals surface area contributed by atoms with Gasteiger partial charge in [-0.2, -0.15) is 0 Å². The van der Waals surface area contributed by atoms with Crippen molar-refractivity contribution in [3.8, 4) is 0 Å². The first-order chi connectivity index (χ1) is 8.21. The van der Waals surface area contributed by atoms with Crippen LogP contribution in [0.5, 0.6) is 0 Å². The zero-order valence-corrected chi connectivity index (χ0v) is 11.0. The van der Waals surface area contributed by atoms with Gasteiger partial charge in [-0.1, -0.05) is 38.5 Å². The second-order valence-corrected chi connectivity index (χ2v) is 4.91. The maximum absolute atomic E-state index is 9.84. The molecule has 2 aliphatic rings. The van der Waals surface area contributed by atoms with Crippen molar-refractivity contribution in [1.82, 2.24) is 0 Å². The topological polar surface area (TPSA) is 26.3 Å². The van der Waals surface area contributed by atoms with E-state index in [1.54, 1.807) is 0 Å². The second kappa shape index (κ2) is 7.31. The predicted molar refractivity (Wildman–Crippen MR) is 70.6 cm³/mol. The quantitative estimate of drug-likeness (QED) is 0.422. The molecule has 2 nitrogen and oxygen atoms in total. The maximum Gasteiger partial charge on any atom is 0.329 e. The summed E-state index contributed by atoms with van der Waals surface area (Å²) in [6.07, 6.45) is 13.3. The molecule has 0 aliphatic heterocycles. The Morgan fingerprint density at radius 1 is 1.47 bits per heavy atom. The molecule has 2 aliphatic carbocycles. The number of rotatable bonds is 4. The third kappa shape index (κ3) is 4.37. The number of fused-ring (bicyclic) bond motifs is 2. The average molecular weight is 236 g/mol. The van der Waals surface area contributed by atoms with E-state index >= 15 is 0 Å². The minimum Gasteiger partial charge on any atom is -0.466 e. The third-order valence-corrected chi connectivity index (χ3v) is 3.71. The summed E-state index contributed by atoms with van der Waals surface area (Å²) in [5.74, 6) is 2.62. The van der Waals surface area contributed by atoms with E-state index in [-0.39, 0.29) is 0 Å². The summed E-state index contributed by atoms with van der Waals surface area (Å²) >= 11 is 0. The first-order valence-electron chi connectivity index (χ1n) is 6.60. The molecular formula is C15H24O2. The van der Waals surface area contributed by atoms with Crippen molar-refractivity contribution in [3.05, 3.63) is 24.8 Å². The van der Waals surface area contributed by atoms with E-state index in [0.717, 1.165) is 23.8 Å². The summed E-state index contributed by atoms with van der Waals surface area (Å²) in [6, 6.07) is 0. The molecule has 17 heavy (non-hydrogen) atoms. The van der Waals surface area contributed by atoms with Gasteiger partial charge in [-0.05, 0) is 37.0 Å². The molecule has 0 radical (unpaired) electrons. The summed E-state index contributed by atoms with van der Waals surface area (Å²) in [4.78, 5) is 9.84. The lowest BCUT2D eigenvalue weighted by Crippen LogP contribution is -2.06. The molecule has 0 spiro atoms. The molecule has 0 amide bonds. The number of ether oxygens (including phenoxy) is 1. The van der Waals surface area contributed by atoms with Gasteiger partial charge in [0.2, 0.25) is 0 Å². The number of unbranched alkanes of at least 4 members (excludes halogenated alkanes) is 1. The van der Waals surface area contributed by atoms with Crippen LogP contribution >= 0.6 is 0 Å². The summed E-state index contributed by atoms with van der Waals surface area (Å²) in [7, 11) is 1.31. The Morgan fingerprint density at radius 2 is 2.24 bits per heavy atom. The van der Waals surface area contributed by atoms with Gasteiger partial charge in [0.25, 0.3) is 0 Å². The van der Waals surface area contributed by atoms with Gasteiger partial charge in [-0.15, -0.1) is 0 Å². The number of allylic oxidation sites excluding steroid dienone is 2. The Bertz CT molecular complexity index is 281. The van der Waals surface area contributed by atoms with Crippen LogP contribution in [-0.2, 0) is 9.53 Å². The fraction of sp³-hybridized carbons (Fsp3) is 0.667. The number of carbonyl (C=O) groups is 1. The third-order valence-electron chi connectivity index (χ3n) is 3.71. The number of esters is 1. The molecule has 1 fully saturated rings. The molecule has 2 heteroatoms. The molecule has 2 bridgehead atoms. The van der Waals surface area contributed by atoms with Crippen LogP contribution in [0.4, 0.5) is 0 Å². The second-order valence-electron chi connectivity index (χ2n) is 4.91. The molecule has 0 aromatic heterocycles.